The summed E-state index contributed by atoms with van der Waals surface area (Å²) in [5, 5.41) is 0.804. The quantitative estimate of drug-likeness (QED) is 0.541. The number of unbranched alkanes of at least 4 members (excludes halogenated alkanes) is 1. The summed E-state index contributed by atoms with van der Waals surface area (Å²) in [6.45, 7) is 2.99. The van der Waals surface area contributed by atoms with Crippen LogP contribution in [0.4, 0.5) is 0 Å². The van der Waals surface area contributed by atoms with Crippen molar-refractivity contribution in [3.05, 3.63) is 0 Å². The van der Waals surface area contributed by atoms with E-state index < -0.39 is 11.0 Å². The van der Waals surface area contributed by atoms with Crippen molar-refractivity contribution in [2.75, 3.05) is 17.6 Å². The smallest absolute Gasteiger partial charge is 0.0923 e. The van der Waals surface area contributed by atoms with Gasteiger partial charge in [-0.15, -0.1) is 0 Å². The van der Waals surface area contributed by atoms with Crippen molar-refractivity contribution in [3.63, 3.8) is 0 Å². The molecule has 62 valence electrons. The van der Waals surface area contributed by atoms with Gasteiger partial charge >= 0.3 is 0 Å². The summed E-state index contributed by atoms with van der Waals surface area (Å²) < 4.78 is 13.8. The number of hydrogen-bond acceptors (Lipinski definition) is 1. The van der Waals surface area contributed by atoms with Gasteiger partial charge in [-0.25, -0.2) is 8.93 Å². The second-order valence-corrected chi connectivity index (χ2v) is 4.17. The molecule has 0 aromatic rings. The molecule has 0 fully saturated rings. The van der Waals surface area contributed by atoms with E-state index in [4.69, 9.17) is 0 Å². The van der Waals surface area contributed by atoms with E-state index in [1.165, 1.54) is 0 Å². The third-order valence-corrected chi connectivity index (χ3v) is 3.08. The van der Waals surface area contributed by atoms with Crippen LogP contribution in [0.15, 0.2) is 0 Å². The summed E-state index contributed by atoms with van der Waals surface area (Å²) in [4.78, 5) is 0. The van der Waals surface area contributed by atoms with E-state index in [9.17, 15) is 4.21 Å². The molecule has 0 aromatic heterocycles. The van der Waals surface area contributed by atoms with Gasteiger partial charge in [0, 0.05) is 17.6 Å². The van der Waals surface area contributed by atoms with Crippen molar-refractivity contribution in [1.29, 1.82) is 0 Å². The van der Waals surface area contributed by atoms with E-state index in [-0.39, 0.29) is 0 Å². The van der Waals surface area contributed by atoms with Crippen LogP contribution in [0.3, 0.4) is 0 Å². The Morgan fingerprint density at radius 2 is 2.30 bits per heavy atom. The molecule has 0 aliphatic carbocycles. The molecule has 2 nitrogen and oxygen atoms in total. The Balaban J connectivity index is 3.05. The molecule has 0 heterocycles. The van der Waals surface area contributed by atoms with Crippen LogP contribution in [0.2, 0.25) is 0 Å². The Labute approximate surface area is 73.5 Å². The molecule has 0 saturated carbocycles. The summed E-state index contributed by atoms with van der Waals surface area (Å²) in [6.07, 6.45) is 2.26. The van der Waals surface area contributed by atoms with E-state index in [2.05, 4.69) is 27.6 Å². The summed E-state index contributed by atoms with van der Waals surface area (Å²) in [7, 11) is -0.818. The second-order valence-electron chi connectivity index (χ2n) is 1.99. The maximum absolute atomic E-state index is 10.9. The monoisotopic (exact) mass is 227 g/mol. The predicted molar refractivity (Wildman–Crippen MR) is 49.7 cm³/mol. The molecule has 0 rings (SSSR count). The molecular weight excluding hydrogens is 214 g/mol. The molecule has 0 saturated heterocycles. The molecule has 0 radical (unpaired) electrons. The molecule has 0 aliphatic rings. The average molecular weight is 228 g/mol. The van der Waals surface area contributed by atoms with E-state index in [1.807, 2.05) is 0 Å². The van der Waals surface area contributed by atoms with Gasteiger partial charge in [-0.3, -0.25) is 0 Å². The van der Waals surface area contributed by atoms with Crippen LogP contribution in [-0.2, 0) is 11.0 Å². The Hall–Kier alpha value is 0.590. The Kier molecular flexibility index (Phi) is 8.15. The van der Waals surface area contributed by atoms with Crippen LogP contribution in [0.5, 0.6) is 0 Å². The number of nitrogens with one attached hydrogen (secondary N) is 1. The van der Waals surface area contributed by atoms with Gasteiger partial charge in [-0.2, -0.15) is 0 Å². The van der Waals surface area contributed by atoms with Gasteiger partial charge in [0.1, 0.15) is 0 Å². The van der Waals surface area contributed by atoms with Crippen molar-refractivity contribution in [3.8, 4) is 0 Å². The first-order chi connectivity index (χ1) is 4.81. The molecule has 10 heavy (non-hydrogen) atoms. The largest absolute Gasteiger partial charge is 0.243 e. The Morgan fingerprint density at radius 3 is 2.80 bits per heavy atom. The fourth-order valence-corrected chi connectivity index (χ4v) is 2.04. The molecule has 1 N–H and O–H groups in total. The van der Waals surface area contributed by atoms with Crippen LogP contribution < -0.4 is 4.72 Å². The van der Waals surface area contributed by atoms with Crippen molar-refractivity contribution in [2.45, 2.75) is 19.8 Å². The summed E-state index contributed by atoms with van der Waals surface area (Å²) in [5.74, 6) is 0.698. The highest BCUT2D eigenvalue weighted by Crippen LogP contribution is 1.86. The number of hydrogen-bond donors (Lipinski definition) is 1. The van der Waals surface area contributed by atoms with Crippen LogP contribution in [0.1, 0.15) is 19.8 Å². The molecule has 1 unspecified atom stereocenters. The van der Waals surface area contributed by atoms with E-state index in [1.54, 1.807) is 0 Å². The molecule has 0 aliphatic heterocycles. The van der Waals surface area contributed by atoms with Gasteiger partial charge in [0.05, 0.1) is 11.0 Å². The van der Waals surface area contributed by atoms with Gasteiger partial charge in [0.2, 0.25) is 0 Å². The summed E-state index contributed by atoms with van der Waals surface area (Å²) >= 11 is 3.23. The maximum atomic E-state index is 10.9. The lowest BCUT2D eigenvalue weighted by Crippen LogP contribution is -2.21. The van der Waals surface area contributed by atoms with Crippen molar-refractivity contribution in [1.82, 2.24) is 4.72 Å². The minimum absolute atomic E-state index is 0.698. The maximum Gasteiger partial charge on any atom is 0.0923 e. The number of alkyl halides is 1. The van der Waals surface area contributed by atoms with Crippen molar-refractivity contribution < 1.29 is 4.21 Å². The van der Waals surface area contributed by atoms with Gasteiger partial charge in [0.25, 0.3) is 0 Å². The van der Waals surface area contributed by atoms with E-state index in [0.29, 0.717) is 5.75 Å². The predicted octanol–water partition coefficient (Wildman–Crippen LogP) is 1.43. The van der Waals surface area contributed by atoms with Crippen LogP contribution in [-0.4, -0.2) is 21.8 Å². The normalized spacial score (nSPS) is 13.4. The lowest BCUT2D eigenvalue weighted by molar-refractivity contribution is 0.667. The molecule has 0 aromatic carbocycles. The highest BCUT2D eigenvalue weighted by atomic mass is 79.9. The SMILES string of the molecule is CCCCNS(=O)CCBr. The zero-order valence-corrected chi connectivity index (χ0v) is 8.63. The number of rotatable bonds is 6. The fourth-order valence-electron chi connectivity index (χ4n) is 0.505. The highest BCUT2D eigenvalue weighted by Gasteiger charge is 1.94. The van der Waals surface area contributed by atoms with Gasteiger partial charge in [0.15, 0.2) is 0 Å². The lowest BCUT2D eigenvalue weighted by Gasteiger charge is -2.00. The molecule has 0 bridgehead atoms. The zero-order chi connectivity index (χ0) is 7.82. The fraction of sp³-hybridized carbons (Fsp3) is 1.00. The third kappa shape index (κ3) is 6.71. The molecule has 1 atom stereocenters. The van der Waals surface area contributed by atoms with E-state index >= 15 is 0 Å². The molecule has 0 amide bonds. The molecular formula is C6H14BrNOS. The van der Waals surface area contributed by atoms with Gasteiger partial charge < -0.3 is 0 Å². The minimum atomic E-state index is -0.818. The van der Waals surface area contributed by atoms with Gasteiger partial charge in [-0.05, 0) is 6.42 Å². The Bertz CT molecular complexity index is 99.7. The standard InChI is InChI=1S/C6H14BrNOS/c1-2-3-5-8-10(9)6-4-7/h8H,2-6H2,1H3. The first-order valence-electron chi connectivity index (χ1n) is 3.49. The molecule has 4 heteroatoms. The van der Waals surface area contributed by atoms with Crippen LogP contribution >= 0.6 is 15.9 Å². The summed E-state index contributed by atoms with van der Waals surface area (Å²) in [5.41, 5.74) is 0. The Morgan fingerprint density at radius 1 is 1.60 bits per heavy atom. The first kappa shape index (κ1) is 10.6. The molecule has 0 spiro atoms. The first-order valence-corrected chi connectivity index (χ1v) is 5.93. The van der Waals surface area contributed by atoms with Crippen molar-refractivity contribution in [2.24, 2.45) is 0 Å². The topological polar surface area (TPSA) is 29.1 Å². The average Bonchev–Trinajstić information content (AvgIpc) is 1.89. The van der Waals surface area contributed by atoms with Crippen LogP contribution in [0, 0.1) is 0 Å². The van der Waals surface area contributed by atoms with Crippen molar-refractivity contribution >= 4 is 26.9 Å². The minimum Gasteiger partial charge on any atom is -0.243 e. The number of halogens is 1. The van der Waals surface area contributed by atoms with Crippen LogP contribution in [0.25, 0.3) is 0 Å². The van der Waals surface area contributed by atoms with Gasteiger partial charge in [-0.1, -0.05) is 29.3 Å². The third-order valence-electron chi connectivity index (χ3n) is 1.06. The lowest BCUT2D eigenvalue weighted by atomic mass is 10.3. The highest BCUT2D eigenvalue weighted by molar-refractivity contribution is 9.09. The van der Waals surface area contributed by atoms with E-state index in [0.717, 1.165) is 24.7 Å². The zero-order valence-electron chi connectivity index (χ0n) is 6.23. The summed E-state index contributed by atoms with van der Waals surface area (Å²) in [6, 6.07) is 0. The second kappa shape index (κ2) is 7.69.